The zero-order valence-corrected chi connectivity index (χ0v) is 19.3. The minimum Gasteiger partial charge on any atom is -0.369 e. The third-order valence-corrected chi connectivity index (χ3v) is 8.02. The van der Waals surface area contributed by atoms with Crippen LogP contribution in [0, 0.1) is 0 Å². The van der Waals surface area contributed by atoms with Crippen molar-refractivity contribution in [3.05, 3.63) is 63.7 Å². The van der Waals surface area contributed by atoms with Crippen molar-refractivity contribution < 1.29 is 0 Å². The molecule has 0 spiro atoms. The molecule has 0 radical (unpaired) electrons. The topological polar surface area (TPSA) is 6.48 Å². The number of piperazine rings is 1. The molecule has 4 heteroatoms. The standard InChI is InChI=1S/C24H31BrN2S/c1-24(28)12-6-7-19(17-23(24)25)18-26-13-15-27(16-14-26)22-11-5-9-20-8-3-2-4-10-21(20)22/h5-7,9,11-12,17,28H,2-4,8,10,13-16,18H2,1H3. The summed E-state index contributed by atoms with van der Waals surface area (Å²) in [5.41, 5.74) is 6.08. The van der Waals surface area contributed by atoms with Gasteiger partial charge in [-0.2, -0.15) is 12.6 Å². The van der Waals surface area contributed by atoms with Gasteiger partial charge in [0.25, 0.3) is 0 Å². The van der Waals surface area contributed by atoms with E-state index in [-0.39, 0.29) is 4.75 Å². The Morgan fingerprint density at radius 2 is 1.86 bits per heavy atom. The summed E-state index contributed by atoms with van der Waals surface area (Å²) in [4.78, 5) is 5.20. The van der Waals surface area contributed by atoms with Crippen molar-refractivity contribution in [2.24, 2.45) is 0 Å². The first-order valence-corrected chi connectivity index (χ1v) is 11.8. The molecule has 28 heavy (non-hydrogen) atoms. The van der Waals surface area contributed by atoms with Crippen molar-refractivity contribution in [3.8, 4) is 0 Å². The molecule has 1 atom stereocenters. The van der Waals surface area contributed by atoms with Crippen molar-refractivity contribution in [3.63, 3.8) is 0 Å². The predicted molar refractivity (Wildman–Crippen MR) is 128 cm³/mol. The maximum absolute atomic E-state index is 4.73. The number of allylic oxidation sites excluding steroid dienone is 2. The molecule has 1 aliphatic heterocycles. The van der Waals surface area contributed by atoms with E-state index in [2.05, 4.69) is 75.2 Å². The molecule has 1 saturated heterocycles. The van der Waals surface area contributed by atoms with Crippen LogP contribution < -0.4 is 4.90 Å². The summed E-state index contributed by atoms with van der Waals surface area (Å²) in [7, 11) is 0. The molecule has 0 bridgehead atoms. The Morgan fingerprint density at radius 1 is 1.07 bits per heavy atom. The lowest BCUT2D eigenvalue weighted by Gasteiger charge is -2.37. The highest BCUT2D eigenvalue weighted by molar-refractivity contribution is 9.12. The Balaban J connectivity index is 1.40. The highest BCUT2D eigenvalue weighted by atomic mass is 79.9. The van der Waals surface area contributed by atoms with Crippen LogP contribution in [-0.4, -0.2) is 42.4 Å². The zero-order valence-electron chi connectivity index (χ0n) is 16.8. The molecular weight excluding hydrogens is 428 g/mol. The first kappa shape index (κ1) is 20.3. The van der Waals surface area contributed by atoms with E-state index in [4.69, 9.17) is 12.6 Å². The van der Waals surface area contributed by atoms with Gasteiger partial charge in [0, 0.05) is 42.9 Å². The number of nitrogens with zero attached hydrogens (tertiary/aromatic N) is 2. The highest BCUT2D eigenvalue weighted by Crippen LogP contribution is 2.34. The van der Waals surface area contributed by atoms with Crippen molar-refractivity contribution in [1.82, 2.24) is 4.90 Å². The van der Waals surface area contributed by atoms with Crippen molar-refractivity contribution >= 4 is 34.2 Å². The van der Waals surface area contributed by atoms with Gasteiger partial charge in [-0.15, -0.1) is 0 Å². The van der Waals surface area contributed by atoms with E-state index in [0.29, 0.717) is 0 Å². The fraction of sp³-hybridized carbons (Fsp3) is 0.500. The van der Waals surface area contributed by atoms with Crippen molar-refractivity contribution in [1.29, 1.82) is 0 Å². The van der Waals surface area contributed by atoms with E-state index < -0.39 is 0 Å². The van der Waals surface area contributed by atoms with Crippen LogP contribution in [0.4, 0.5) is 5.69 Å². The molecule has 1 fully saturated rings. The summed E-state index contributed by atoms with van der Waals surface area (Å²) in [6.45, 7) is 7.60. The van der Waals surface area contributed by atoms with Crippen molar-refractivity contribution in [2.45, 2.75) is 43.8 Å². The maximum Gasteiger partial charge on any atom is 0.0597 e. The van der Waals surface area contributed by atoms with E-state index in [1.165, 1.54) is 43.4 Å². The molecule has 1 unspecified atom stereocenters. The number of hydrogen-bond donors (Lipinski definition) is 1. The van der Waals surface area contributed by atoms with Gasteiger partial charge in [-0.05, 0) is 61.4 Å². The zero-order chi connectivity index (χ0) is 19.6. The summed E-state index contributed by atoms with van der Waals surface area (Å²) in [6.07, 6.45) is 15.3. The number of hydrogen-bond acceptors (Lipinski definition) is 3. The van der Waals surface area contributed by atoms with E-state index in [9.17, 15) is 0 Å². The Morgan fingerprint density at radius 3 is 2.68 bits per heavy atom. The molecule has 2 nitrogen and oxygen atoms in total. The van der Waals surface area contributed by atoms with Gasteiger partial charge in [0.15, 0.2) is 0 Å². The van der Waals surface area contributed by atoms with Crippen LogP contribution in [0.15, 0.2) is 52.6 Å². The van der Waals surface area contributed by atoms with Gasteiger partial charge >= 0.3 is 0 Å². The minimum absolute atomic E-state index is 0.220. The van der Waals surface area contributed by atoms with Gasteiger partial charge in [-0.1, -0.05) is 52.7 Å². The minimum atomic E-state index is -0.220. The second-order valence-corrected chi connectivity index (χ2v) is 10.3. The monoisotopic (exact) mass is 458 g/mol. The average Bonchev–Trinajstić information content (AvgIpc) is 2.99. The van der Waals surface area contributed by atoms with E-state index in [0.717, 1.165) is 37.2 Å². The number of fused-ring (bicyclic) bond motifs is 1. The lowest BCUT2D eigenvalue weighted by Crippen LogP contribution is -2.47. The second-order valence-electron chi connectivity index (χ2n) is 8.48. The van der Waals surface area contributed by atoms with Crippen LogP contribution >= 0.6 is 28.6 Å². The molecule has 1 aromatic rings. The number of anilines is 1. The number of halogens is 1. The van der Waals surface area contributed by atoms with E-state index in [1.807, 2.05) is 0 Å². The molecule has 4 rings (SSSR count). The quantitative estimate of drug-likeness (QED) is 0.468. The average molecular weight is 459 g/mol. The SMILES string of the molecule is CC1(S)C=CC=C(CN2CCN(c3cccc4c3CCCCC4)CC2)C=C1Br. The highest BCUT2D eigenvalue weighted by Gasteiger charge is 2.23. The summed E-state index contributed by atoms with van der Waals surface area (Å²) in [5, 5.41) is 0. The van der Waals surface area contributed by atoms with Crippen LogP contribution in [0.1, 0.15) is 37.3 Å². The molecular formula is C24H31BrN2S. The Bertz CT molecular complexity index is 801. The summed E-state index contributed by atoms with van der Waals surface area (Å²) >= 11 is 8.44. The summed E-state index contributed by atoms with van der Waals surface area (Å²) in [5.74, 6) is 0. The summed E-state index contributed by atoms with van der Waals surface area (Å²) < 4.78 is 0.913. The van der Waals surface area contributed by atoms with Gasteiger partial charge < -0.3 is 4.90 Å². The molecule has 150 valence electrons. The van der Waals surface area contributed by atoms with Crippen LogP contribution in [0.25, 0.3) is 0 Å². The van der Waals surface area contributed by atoms with Gasteiger partial charge in [-0.3, -0.25) is 4.90 Å². The first-order chi connectivity index (χ1) is 13.5. The Kier molecular flexibility index (Phi) is 6.39. The first-order valence-electron chi connectivity index (χ1n) is 10.6. The van der Waals surface area contributed by atoms with E-state index >= 15 is 0 Å². The Hall–Kier alpha value is -0.970. The Labute approximate surface area is 183 Å². The van der Waals surface area contributed by atoms with E-state index in [1.54, 1.807) is 11.1 Å². The number of thiol groups is 1. The van der Waals surface area contributed by atoms with Gasteiger partial charge in [0.2, 0.25) is 0 Å². The number of benzene rings is 1. The molecule has 0 amide bonds. The molecule has 0 aromatic heterocycles. The van der Waals surface area contributed by atoms with Gasteiger partial charge in [0.1, 0.15) is 0 Å². The molecule has 3 aliphatic rings. The fourth-order valence-corrected chi connectivity index (χ4v) is 5.11. The third-order valence-electron chi connectivity index (χ3n) is 6.27. The van der Waals surface area contributed by atoms with Crippen LogP contribution in [0.5, 0.6) is 0 Å². The summed E-state index contributed by atoms with van der Waals surface area (Å²) in [6, 6.07) is 6.98. The molecule has 0 saturated carbocycles. The van der Waals surface area contributed by atoms with Crippen LogP contribution in [-0.2, 0) is 12.8 Å². The molecule has 2 aliphatic carbocycles. The van der Waals surface area contributed by atoms with Crippen LogP contribution in [0.2, 0.25) is 0 Å². The van der Waals surface area contributed by atoms with Gasteiger partial charge in [-0.25, -0.2) is 0 Å². The predicted octanol–water partition coefficient (Wildman–Crippen LogP) is 5.54. The number of aryl methyl sites for hydroxylation is 1. The molecule has 0 N–H and O–H groups in total. The maximum atomic E-state index is 4.73. The fourth-order valence-electron chi connectivity index (χ4n) is 4.53. The third kappa shape index (κ3) is 4.60. The lowest BCUT2D eigenvalue weighted by atomic mass is 9.99. The van der Waals surface area contributed by atoms with Crippen LogP contribution in [0.3, 0.4) is 0 Å². The molecule has 1 aromatic carbocycles. The largest absolute Gasteiger partial charge is 0.369 e. The normalized spacial score (nSPS) is 26.2. The smallest absolute Gasteiger partial charge is 0.0597 e. The molecule has 1 heterocycles. The van der Waals surface area contributed by atoms with Gasteiger partial charge in [0.05, 0.1) is 4.75 Å². The van der Waals surface area contributed by atoms with Crippen molar-refractivity contribution in [2.75, 3.05) is 37.6 Å². The number of rotatable bonds is 3. The lowest BCUT2D eigenvalue weighted by molar-refractivity contribution is 0.280. The second kappa shape index (κ2) is 8.81.